The molecule has 7 aromatic rings. The number of carbonyl (C=O) groups is 2. The first-order chi connectivity index (χ1) is 23.7. The van der Waals surface area contributed by atoms with Crippen molar-refractivity contribution in [3.63, 3.8) is 0 Å². The Kier molecular flexibility index (Phi) is 10.2. The van der Waals surface area contributed by atoms with E-state index in [1.807, 2.05) is 60.0 Å². The molecule has 1 N–H and O–H groups in total. The molecule has 4 heterocycles. The van der Waals surface area contributed by atoms with Crippen LogP contribution in [0.5, 0.6) is 0 Å². The number of thiophene rings is 1. The van der Waals surface area contributed by atoms with Gasteiger partial charge in [-0.3, -0.25) is 4.79 Å². The minimum Gasteiger partial charge on any atom is -0.454 e. The second-order valence-corrected chi connectivity index (χ2v) is 12.0. The molecular weight excluding hydrogens is 691 g/mol. The third-order valence-corrected chi connectivity index (χ3v) is 8.20. The summed E-state index contributed by atoms with van der Waals surface area (Å²) in [5.41, 5.74) is 2.22. The Morgan fingerprint density at radius 1 is 0.796 bits per heavy atom. The maximum absolute atomic E-state index is 13.9. The minimum absolute atomic E-state index is 0.121. The van der Waals surface area contributed by atoms with Crippen molar-refractivity contribution in [1.82, 2.24) is 19.6 Å². The summed E-state index contributed by atoms with van der Waals surface area (Å²) in [5.74, 6) is -1.31. The number of anilines is 1. The summed E-state index contributed by atoms with van der Waals surface area (Å²) in [6.07, 6.45) is 6.97. The van der Waals surface area contributed by atoms with E-state index in [2.05, 4.69) is 15.5 Å². The predicted octanol–water partition coefficient (Wildman–Crippen LogP) is 10.3. The molecule has 3 aromatic carbocycles. The smallest absolute Gasteiger partial charge is 0.346 e. The number of para-hydroxylation sites is 1. The Balaban J connectivity index is 0.000000177. The van der Waals surface area contributed by atoms with Crippen LogP contribution >= 0.6 is 34.5 Å². The van der Waals surface area contributed by atoms with Crippen molar-refractivity contribution in [3.05, 3.63) is 159 Å². The first-order valence-electron chi connectivity index (χ1n) is 14.5. The predicted molar refractivity (Wildman–Crippen MR) is 188 cm³/mol. The number of carbonyl (C=O) groups excluding carboxylic acids is 2. The molecule has 1 amide bonds. The number of benzene rings is 3. The largest absolute Gasteiger partial charge is 0.454 e. The molecule has 0 aliphatic heterocycles. The lowest BCUT2D eigenvalue weighted by Gasteiger charge is -2.03. The molecule has 8 nitrogen and oxygen atoms in total. The fourth-order valence-corrected chi connectivity index (χ4v) is 5.57. The number of halogens is 4. The van der Waals surface area contributed by atoms with Crippen LogP contribution < -0.4 is 5.32 Å². The fraction of sp³-hybridized carbons (Fsp3) is 0. The monoisotopic (exact) mass is 713 g/mol. The van der Waals surface area contributed by atoms with Gasteiger partial charge in [0, 0.05) is 34.0 Å². The molecule has 0 bridgehead atoms. The molecule has 0 saturated carbocycles. The molecule has 0 spiro atoms. The molecule has 244 valence electrons. The lowest BCUT2D eigenvalue weighted by atomic mass is 10.1. The van der Waals surface area contributed by atoms with Gasteiger partial charge in [-0.2, -0.15) is 14.9 Å². The van der Waals surface area contributed by atoms with Gasteiger partial charge in [0.15, 0.2) is 5.76 Å². The van der Waals surface area contributed by atoms with E-state index in [-0.39, 0.29) is 27.9 Å². The van der Waals surface area contributed by atoms with Crippen molar-refractivity contribution in [2.24, 2.45) is 0 Å². The Morgan fingerprint density at radius 2 is 1.59 bits per heavy atom. The van der Waals surface area contributed by atoms with Crippen LogP contribution in [0.4, 0.5) is 19.3 Å². The molecule has 7 rings (SSSR count). The van der Waals surface area contributed by atoms with E-state index in [4.69, 9.17) is 27.6 Å². The van der Waals surface area contributed by atoms with Gasteiger partial charge in [-0.05, 0) is 90.3 Å². The number of nitrogens with one attached hydrogen (secondary N) is 1. The lowest BCUT2D eigenvalue weighted by Crippen LogP contribution is -2.19. The highest BCUT2D eigenvalue weighted by Crippen LogP contribution is 2.30. The summed E-state index contributed by atoms with van der Waals surface area (Å²) >= 11 is 13.6. The van der Waals surface area contributed by atoms with Crippen molar-refractivity contribution >= 4 is 64.3 Å². The molecule has 13 heteroatoms. The van der Waals surface area contributed by atoms with Crippen LogP contribution in [0.2, 0.25) is 10.0 Å². The highest BCUT2D eigenvalue weighted by Gasteiger charge is 2.17. The van der Waals surface area contributed by atoms with Crippen LogP contribution in [0.3, 0.4) is 0 Å². The molecule has 0 fully saturated rings. The average Bonchev–Trinajstić information content (AvgIpc) is 3.92. The number of aromatic nitrogens is 4. The van der Waals surface area contributed by atoms with E-state index >= 15 is 0 Å². The third kappa shape index (κ3) is 8.28. The highest BCUT2D eigenvalue weighted by molar-refractivity contribution is 7.10. The van der Waals surface area contributed by atoms with Crippen molar-refractivity contribution in [2.45, 2.75) is 0 Å². The van der Waals surface area contributed by atoms with E-state index in [9.17, 15) is 18.4 Å². The number of hydrogen-bond donors (Lipinski definition) is 1. The molecule has 0 atom stereocenters. The number of nitrogens with zero attached hydrogens (tertiary/aromatic N) is 4. The lowest BCUT2D eigenvalue weighted by molar-refractivity contribution is 0.0945. The Bertz CT molecular complexity index is 2260. The van der Waals surface area contributed by atoms with Crippen molar-refractivity contribution in [1.29, 1.82) is 0 Å². The molecule has 49 heavy (non-hydrogen) atoms. The van der Waals surface area contributed by atoms with Gasteiger partial charge in [0.2, 0.25) is 0 Å². The van der Waals surface area contributed by atoms with Crippen LogP contribution in [-0.4, -0.2) is 31.5 Å². The normalized spacial score (nSPS) is 10.9. The van der Waals surface area contributed by atoms with Crippen molar-refractivity contribution in [2.75, 3.05) is 5.32 Å². The number of furan rings is 1. The van der Waals surface area contributed by atoms with Crippen LogP contribution in [0.1, 0.15) is 20.9 Å². The maximum atomic E-state index is 13.9. The summed E-state index contributed by atoms with van der Waals surface area (Å²) in [7, 11) is 0. The molecular formula is C36H23Cl2F2N5O3S. The SMILES string of the molecule is O=C(Nc1ccccc1)n1ccc(C=Cc2cccs2)n1.O=C(c1ccc(Cl)cc1Cl)n1ccc(-c2ccc(-c3ccc(F)cc3F)o2)n1. The summed E-state index contributed by atoms with van der Waals surface area (Å²) in [4.78, 5) is 25.8. The standard InChI is InChI=1S/C20H10Cl2F2N2O2.C16H13N3OS/c21-11-1-3-13(15(22)9-11)20(27)26-8-7-17(25-26)19-6-5-18(28-19)14-4-2-12(23)10-16(14)24;20-16(17-13-5-2-1-3-6-13)19-11-10-14(18-19)8-9-15-7-4-12-21-15/h1-10H;1-12H,(H,17,20). The average molecular weight is 715 g/mol. The zero-order valence-corrected chi connectivity index (χ0v) is 27.5. The Hall–Kier alpha value is -5.62. The van der Waals surface area contributed by atoms with Gasteiger partial charge >= 0.3 is 6.03 Å². The minimum atomic E-state index is -0.737. The highest BCUT2D eigenvalue weighted by atomic mass is 35.5. The summed E-state index contributed by atoms with van der Waals surface area (Å²) in [5, 5.41) is 13.8. The molecule has 4 aromatic heterocycles. The van der Waals surface area contributed by atoms with E-state index in [0.717, 1.165) is 33.1 Å². The summed E-state index contributed by atoms with van der Waals surface area (Å²) in [6, 6.07) is 27.3. The zero-order valence-electron chi connectivity index (χ0n) is 25.1. The van der Waals surface area contributed by atoms with Gasteiger partial charge in [-0.15, -0.1) is 11.3 Å². The first-order valence-corrected chi connectivity index (χ1v) is 16.1. The van der Waals surface area contributed by atoms with Gasteiger partial charge in [0.1, 0.15) is 23.1 Å². The molecule has 0 aliphatic carbocycles. The van der Waals surface area contributed by atoms with Crippen LogP contribution in [0.25, 0.3) is 34.9 Å². The molecule has 0 aliphatic rings. The summed E-state index contributed by atoms with van der Waals surface area (Å²) < 4.78 is 35.0. The number of rotatable bonds is 6. The van der Waals surface area contributed by atoms with Gasteiger partial charge in [0.05, 0.1) is 21.8 Å². The zero-order chi connectivity index (χ0) is 34.3. The molecule has 0 radical (unpaired) electrons. The van der Waals surface area contributed by atoms with Gasteiger partial charge in [0.25, 0.3) is 5.91 Å². The molecule has 0 unspecified atom stereocenters. The van der Waals surface area contributed by atoms with E-state index in [0.29, 0.717) is 16.5 Å². The van der Waals surface area contributed by atoms with Gasteiger partial charge < -0.3 is 9.73 Å². The van der Waals surface area contributed by atoms with E-state index in [1.54, 1.807) is 47.9 Å². The summed E-state index contributed by atoms with van der Waals surface area (Å²) in [6.45, 7) is 0. The van der Waals surface area contributed by atoms with Crippen LogP contribution in [0, 0.1) is 11.6 Å². The molecule has 0 saturated heterocycles. The van der Waals surface area contributed by atoms with Crippen LogP contribution in [-0.2, 0) is 0 Å². The van der Waals surface area contributed by atoms with Crippen molar-refractivity contribution in [3.8, 4) is 22.8 Å². The van der Waals surface area contributed by atoms with Gasteiger partial charge in [-0.25, -0.2) is 18.3 Å². The number of amides is 1. The van der Waals surface area contributed by atoms with Crippen LogP contribution in [0.15, 0.2) is 125 Å². The second-order valence-electron chi connectivity index (χ2n) is 10.2. The fourth-order valence-electron chi connectivity index (χ4n) is 4.46. The second kappa shape index (κ2) is 15.1. The maximum Gasteiger partial charge on any atom is 0.346 e. The Labute approximate surface area is 292 Å². The third-order valence-electron chi connectivity index (χ3n) is 6.82. The van der Waals surface area contributed by atoms with Crippen molar-refractivity contribution < 1.29 is 22.8 Å². The number of hydrogen-bond acceptors (Lipinski definition) is 6. The Morgan fingerprint density at radius 3 is 2.35 bits per heavy atom. The van der Waals surface area contributed by atoms with E-state index in [1.165, 1.54) is 29.1 Å². The van der Waals surface area contributed by atoms with Gasteiger partial charge in [-0.1, -0.05) is 47.5 Å². The quantitative estimate of drug-likeness (QED) is 0.185. The first kappa shape index (κ1) is 33.3. The topological polar surface area (TPSA) is 95.0 Å². The van der Waals surface area contributed by atoms with E-state index < -0.39 is 17.5 Å².